The highest BCUT2D eigenvalue weighted by molar-refractivity contribution is 5.98. The molecule has 3 heteroatoms. The van der Waals surface area contributed by atoms with Gasteiger partial charge in [-0.3, -0.25) is 9.59 Å². The number of hydrogen-bond donors (Lipinski definition) is 1. The second kappa shape index (κ2) is 4.53. The van der Waals surface area contributed by atoms with Crippen molar-refractivity contribution in [1.29, 1.82) is 0 Å². The van der Waals surface area contributed by atoms with Gasteiger partial charge in [-0.15, -0.1) is 0 Å². The van der Waals surface area contributed by atoms with Crippen LogP contribution in [0.4, 0.5) is 5.69 Å². The first kappa shape index (κ1) is 11.6. The first-order chi connectivity index (χ1) is 8.11. The fourth-order valence-electron chi connectivity index (χ4n) is 2.00. The highest BCUT2D eigenvalue weighted by atomic mass is 16.1. The SMILES string of the molecule is CC1=C(Nc2ccc(C=O)cc2C)CCC1=O. The van der Waals surface area contributed by atoms with Crippen molar-refractivity contribution in [3.05, 3.63) is 40.6 Å². The van der Waals surface area contributed by atoms with Gasteiger partial charge >= 0.3 is 0 Å². The molecule has 0 atom stereocenters. The van der Waals surface area contributed by atoms with E-state index in [9.17, 15) is 9.59 Å². The summed E-state index contributed by atoms with van der Waals surface area (Å²) >= 11 is 0. The van der Waals surface area contributed by atoms with Crippen LogP contribution in [0, 0.1) is 6.92 Å². The van der Waals surface area contributed by atoms with Crippen molar-refractivity contribution >= 4 is 17.8 Å². The summed E-state index contributed by atoms with van der Waals surface area (Å²) in [4.78, 5) is 22.1. The van der Waals surface area contributed by atoms with Crippen molar-refractivity contribution in [2.24, 2.45) is 0 Å². The molecular formula is C14H15NO2. The van der Waals surface area contributed by atoms with Gasteiger partial charge in [-0.2, -0.15) is 0 Å². The Morgan fingerprint density at radius 3 is 2.53 bits per heavy atom. The Morgan fingerprint density at radius 1 is 1.24 bits per heavy atom. The standard InChI is InChI=1S/C14H15NO2/c1-9-7-11(8-16)3-4-12(9)15-13-5-6-14(17)10(13)2/h3-4,7-8,15H,5-6H2,1-2H3. The molecule has 0 saturated heterocycles. The number of carbonyl (C=O) groups is 2. The Labute approximate surface area is 101 Å². The molecule has 0 bridgehead atoms. The topological polar surface area (TPSA) is 46.2 Å². The van der Waals surface area contributed by atoms with Crippen LogP contribution >= 0.6 is 0 Å². The van der Waals surface area contributed by atoms with E-state index in [0.29, 0.717) is 12.0 Å². The minimum absolute atomic E-state index is 0.217. The maximum atomic E-state index is 11.4. The Morgan fingerprint density at radius 2 is 2.00 bits per heavy atom. The molecule has 0 aromatic heterocycles. The van der Waals surface area contributed by atoms with E-state index in [1.54, 1.807) is 6.07 Å². The molecule has 2 rings (SSSR count). The Kier molecular flexibility index (Phi) is 3.09. The van der Waals surface area contributed by atoms with Crippen LogP contribution in [0.5, 0.6) is 0 Å². The van der Waals surface area contributed by atoms with Crippen molar-refractivity contribution in [2.45, 2.75) is 26.7 Å². The maximum Gasteiger partial charge on any atom is 0.160 e. The third-order valence-corrected chi connectivity index (χ3v) is 3.15. The molecule has 0 radical (unpaired) electrons. The van der Waals surface area contributed by atoms with Crippen molar-refractivity contribution in [2.75, 3.05) is 5.32 Å². The van der Waals surface area contributed by atoms with Crippen molar-refractivity contribution in [3.8, 4) is 0 Å². The third-order valence-electron chi connectivity index (χ3n) is 3.15. The molecule has 1 aromatic carbocycles. The molecule has 1 aromatic rings. The Balaban J connectivity index is 2.25. The zero-order valence-electron chi connectivity index (χ0n) is 10.0. The zero-order chi connectivity index (χ0) is 12.4. The summed E-state index contributed by atoms with van der Waals surface area (Å²) in [5.41, 5.74) is 4.45. The number of Topliss-reactive ketones (excluding diaryl/α,β-unsaturated/α-hetero) is 1. The van der Waals surface area contributed by atoms with E-state index in [4.69, 9.17) is 0 Å². The summed E-state index contributed by atoms with van der Waals surface area (Å²) in [5.74, 6) is 0.217. The van der Waals surface area contributed by atoms with Gasteiger partial charge in [0.25, 0.3) is 0 Å². The number of nitrogens with one attached hydrogen (secondary N) is 1. The van der Waals surface area contributed by atoms with Gasteiger partial charge in [-0.25, -0.2) is 0 Å². The normalized spacial score (nSPS) is 15.3. The molecule has 0 saturated carbocycles. The van der Waals surface area contributed by atoms with Gasteiger partial charge in [0.2, 0.25) is 0 Å². The Hall–Kier alpha value is -1.90. The Bertz CT molecular complexity index is 515. The predicted octanol–water partition coefficient (Wildman–Crippen LogP) is 2.86. The van der Waals surface area contributed by atoms with Gasteiger partial charge < -0.3 is 5.32 Å². The van der Waals surface area contributed by atoms with Crippen LogP contribution in [-0.2, 0) is 4.79 Å². The molecule has 1 aliphatic carbocycles. The number of carbonyl (C=O) groups excluding carboxylic acids is 2. The first-order valence-corrected chi connectivity index (χ1v) is 5.67. The molecular weight excluding hydrogens is 214 g/mol. The van der Waals surface area contributed by atoms with Gasteiger partial charge in [0, 0.05) is 28.9 Å². The van der Waals surface area contributed by atoms with E-state index < -0.39 is 0 Å². The highest BCUT2D eigenvalue weighted by Crippen LogP contribution is 2.26. The van der Waals surface area contributed by atoms with Gasteiger partial charge in [0.05, 0.1) is 0 Å². The van der Waals surface area contributed by atoms with Gasteiger partial charge in [0.15, 0.2) is 5.78 Å². The average Bonchev–Trinajstić information content (AvgIpc) is 2.63. The lowest BCUT2D eigenvalue weighted by Gasteiger charge is -2.11. The average molecular weight is 229 g/mol. The van der Waals surface area contributed by atoms with Crippen molar-refractivity contribution < 1.29 is 9.59 Å². The molecule has 0 unspecified atom stereocenters. The third kappa shape index (κ3) is 2.28. The number of rotatable bonds is 3. The van der Waals surface area contributed by atoms with E-state index in [0.717, 1.165) is 35.2 Å². The van der Waals surface area contributed by atoms with Crippen LogP contribution in [0.25, 0.3) is 0 Å². The smallest absolute Gasteiger partial charge is 0.160 e. The predicted molar refractivity (Wildman–Crippen MR) is 67.1 cm³/mol. The molecule has 1 aliphatic rings. The van der Waals surface area contributed by atoms with Crippen molar-refractivity contribution in [3.63, 3.8) is 0 Å². The lowest BCUT2D eigenvalue weighted by molar-refractivity contribution is -0.114. The van der Waals surface area contributed by atoms with E-state index in [2.05, 4.69) is 5.32 Å². The number of anilines is 1. The number of aryl methyl sites for hydroxylation is 1. The molecule has 0 spiro atoms. The second-order valence-electron chi connectivity index (χ2n) is 4.34. The maximum absolute atomic E-state index is 11.4. The van der Waals surface area contributed by atoms with Crippen LogP contribution in [0.2, 0.25) is 0 Å². The van der Waals surface area contributed by atoms with Gasteiger partial charge in [-0.1, -0.05) is 0 Å². The summed E-state index contributed by atoms with van der Waals surface area (Å²) in [6.07, 6.45) is 2.21. The molecule has 3 nitrogen and oxygen atoms in total. The quantitative estimate of drug-likeness (QED) is 0.811. The van der Waals surface area contributed by atoms with Gasteiger partial charge in [0.1, 0.15) is 6.29 Å². The summed E-state index contributed by atoms with van der Waals surface area (Å²) in [7, 11) is 0. The lowest BCUT2D eigenvalue weighted by atomic mass is 10.1. The van der Waals surface area contributed by atoms with Crippen LogP contribution in [0.15, 0.2) is 29.5 Å². The van der Waals surface area contributed by atoms with Crippen LogP contribution in [-0.4, -0.2) is 12.1 Å². The molecule has 0 heterocycles. The highest BCUT2D eigenvalue weighted by Gasteiger charge is 2.19. The van der Waals surface area contributed by atoms with Crippen molar-refractivity contribution in [1.82, 2.24) is 0 Å². The number of ketones is 1. The van der Waals surface area contributed by atoms with Crippen LogP contribution < -0.4 is 5.32 Å². The summed E-state index contributed by atoms with van der Waals surface area (Å²) in [6.45, 7) is 3.80. The van der Waals surface area contributed by atoms with E-state index >= 15 is 0 Å². The summed E-state index contributed by atoms with van der Waals surface area (Å²) < 4.78 is 0. The minimum atomic E-state index is 0.217. The number of benzene rings is 1. The molecule has 17 heavy (non-hydrogen) atoms. The van der Waals surface area contributed by atoms with Crippen LogP contribution in [0.1, 0.15) is 35.7 Å². The summed E-state index contributed by atoms with van der Waals surface area (Å²) in [5, 5.41) is 3.28. The largest absolute Gasteiger partial charge is 0.358 e. The summed E-state index contributed by atoms with van der Waals surface area (Å²) in [6, 6.07) is 5.49. The molecule has 0 amide bonds. The zero-order valence-corrected chi connectivity index (χ0v) is 10.0. The molecule has 0 aliphatic heterocycles. The first-order valence-electron chi connectivity index (χ1n) is 5.67. The fraction of sp³-hybridized carbons (Fsp3) is 0.286. The lowest BCUT2D eigenvalue weighted by Crippen LogP contribution is -2.01. The molecule has 88 valence electrons. The number of hydrogen-bond acceptors (Lipinski definition) is 3. The monoisotopic (exact) mass is 229 g/mol. The number of allylic oxidation sites excluding steroid dienone is 2. The number of aldehydes is 1. The van der Waals surface area contributed by atoms with E-state index in [1.807, 2.05) is 26.0 Å². The molecule has 1 N–H and O–H groups in total. The van der Waals surface area contributed by atoms with E-state index in [-0.39, 0.29) is 5.78 Å². The van der Waals surface area contributed by atoms with Gasteiger partial charge in [-0.05, 0) is 44.0 Å². The second-order valence-corrected chi connectivity index (χ2v) is 4.34. The van der Waals surface area contributed by atoms with E-state index in [1.165, 1.54) is 0 Å². The minimum Gasteiger partial charge on any atom is -0.358 e. The molecule has 0 fully saturated rings. The van der Waals surface area contributed by atoms with Crippen LogP contribution in [0.3, 0.4) is 0 Å². The fourth-order valence-corrected chi connectivity index (χ4v) is 2.00.